The first-order chi connectivity index (χ1) is 19.7. The van der Waals surface area contributed by atoms with Gasteiger partial charge in [0, 0.05) is 38.6 Å². The predicted octanol–water partition coefficient (Wildman–Crippen LogP) is 3.22. The molecule has 10 nitrogen and oxygen atoms in total. The van der Waals surface area contributed by atoms with Crippen molar-refractivity contribution >= 4 is 33.5 Å². The molecule has 4 N–H and O–H groups in total. The second-order valence-electron chi connectivity index (χ2n) is 9.66. The van der Waals surface area contributed by atoms with Gasteiger partial charge in [0.2, 0.25) is 15.9 Å². The summed E-state index contributed by atoms with van der Waals surface area (Å²) in [4.78, 5) is 22.0. The standard InChI is InChI=1S/C25H30ClN5O3S.C2HF3O2/c1-17-23(24(26)31(2)29-17)35(33,34)30-21-13-20(14-27-15-21)25(32)28-16-22(18-9-5-3-6-10-18)19-11-7-4-8-12-19;3-2(4,5)1(6)7/h3-12,20-22,27,30H,13-16H2,1-2H3,(H,28,32);(H,6,7)/t20-,21+;/m0./s1. The second kappa shape index (κ2) is 14.1. The molecule has 3 aromatic rings. The molecular weight excluding hydrogens is 599 g/mol. The van der Waals surface area contributed by atoms with E-state index in [2.05, 4.69) is 44.7 Å². The molecule has 0 saturated carbocycles. The summed E-state index contributed by atoms with van der Waals surface area (Å²) in [6.07, 6.45) is -4.70. The highest BCUT2D eigenvalue weighted by Gasteiger charge is 2.38. The van der Waals surface area contributed by atoms with Crippen LogP contribution in [-0.4, -0.2) is 67.0 Å². The van der Waals surface area contributed by atoms with Crippen LogP contribution in [0.4, 0.5) is 13.2 Å². The number of benzene rings is 2. The number of sulfonamides is 1. The van der Waals surface area contributed by atoms with Gasteiger partial charge in [-0.05, 0) is 24.5 Å². The van der Waals surface area contributed by atoms with Crippen LogP contribution in [0.25, 0.3) is 0 Å². The number of aromatic nitrogens is 2. The molecule has 0 aliphatic carbocycles. The Bertz CT molecular complexity index is 1430. The van der Waals surface area contributed by atoms with E-state index in [1.807, 2.05) is 36.4 Å². The van der Waals surface area contributed by atoms with E-state index in [9.17, 15) is 26.4 Å². The third-order valence-electron chi connectivity index (χ3n) is 6.54. The molecule has 0 bridgehead atoms. The zero-order valence-corrected chi connectivity index (χ0v) is 24.3. The topological polar surface area (TPSA) is 142 Å². The molecule has 1 aromatic heterocycles. The number of hydrogen-bond donors (Lipinski definition) is 4. The lowest BCUT2D eigenvalue weighted by Crippen LogP contribution is -2.52. The van der Waals surface area contributed by atoms with Crippen molar-refractivity contribution < 1.29 is 36.3 Å². The summed E-state index contributed by atoms with van der Waals surface area (Å²) >= 11 is 6.17. The molecule has 1 saturated heterocycles. The highest BCUT2D eigenvalue weighted by atomic mass is 35.5. The Morgan fingerprint density at radius 2 is 1.62 bits per heavy atom. The monoisotopic (exact) mass is 629 g/mol. The summed E-state index contributed by atoms with van der Waals surface area (Å²) in [5.41, 5.74) is 2.57. The lowest BCUT2D eigenvalue weighted by atomic mass is 9.90. The van der Waals surface area contributed by atoms with E-state index >= 15 is 0 Å². The van der Waals surface area contributed by atoms with E-state index in [0.717, 1.165) is 11.1 Å². The number of halogens is 4. The third-order valence-corrected chi connectivity index (χ3v) is 8.75. The molecule has 15 heteroatoms. The van der Waals surface area contributed by atoms with Crippen molar-refractivity contribution in [3.63, 3.8) is 0 Å². The lowest BCUT2D eigenvalue weighted by molar-refractivity contribution is -0.192. The number of aliphatic carboxylic acids is 1. The maximum absolute atomic E-state index is 13.1. The van der Waals surface area contributed by atoms with Gasteiger partial charge in [-0.1, -0.05) is 72.3 Å². The summed E-state index contributed by atoms with van der Waals surface area (Å²) < 4.78 is 61.7. The molecular formula is C27H31ClF3N5O5S. The SMILES string of the molecule is Cc1nn(C)c(Cl)c1S(=O)(=O)N[C@H]1CNC[C@@H](C(=O)NCC(c2ccccc2)c2ccccc2)C1.O=C(O)C(F)(F)F. The largest absolute Gasteiger partial charge is 0.490 e. The molecule has 2 aromatic carbocycles. The van der Waals surface area contributed by atoms with Gasteiger partial charge in [0.1, 0.15) is 10.0 Å². The van der Waals surface area contributed by atoms with Crippen molar-refractivity contribution in [2.24, 2.45) is 13.0 Å². The van der Waals surface area contributed by atoms with E-state index in [4.69, 9.17) is 21.5 Å². The van der Waals surface area contributed by atoms with Gasteiger partial charge in [0.05, 0.1) is 11.6 Å². The first kappa shape index (κ1) is 33.0. The van der Waals surface area contributed by atoms with Gasteiger partial charge >= 0.3 is 12.1 Å². The van der Waals surface area contributed by atoms with Crippen LogP contribution < -0.4 is 15.4 Å². The van der Waals surface area contributed by atoms with Crippen LogP contribution in [0.5, 0.6) is 0 Å². The first-order valence-electron chi connectivity index (χ1n) is 12.8. The van der Waals surface area contributed by atoms with Gasteiger partial charge in [0.15, 0.2) is 0 Å². The molecule has 1 fully saturated rings. The quantitative estimate of drug-likeness (QED) is 0.300. The van der Waals surface area contributed by atoms with Crippen molar-refractivity contribution in [3.05, 3.63) is 82.6 Å². The molecule has 0 unspecified atom stereocenters. The smallest absolute Gasteiger partial charge is 0.475 e. The number of carboxylic acid groups (broad SMARTS) is 1. The molecule has 1 aliphatic rings. The maximum Gasteiger partial charge on any atom is 0.490 e. The molecule has 2 atom stereocenters. The van der Waals surface area contributed by atoms with Crippen molar-refractivity contribution in [2.45, 2.75) is 36.4 Å². The van der Waals surface area contributed by atoms with Crippen molar-refractivity contribution in [3.8, 4) is 0 Å². The average molecular weight is 630 g/mol. The number of alkyl halides is 3. The Hall–Kier alpha value is -3.46. The minimum Gasteiger partial charge on any atom is -0.475 e. The zero-order valence-electron chi connectivity index (χ0n) is 22.7. The molecule has 1 aliphatic heterocycles. The number of piperidine rings is 1. The number of carboxylic acids is 1. The molecule has 0 radical (unpaired) electrons. The van der Waals surface area contributed by atoms with Crippen LogP contribution in [-0.2, 0) is 26.7 Å². The molecule has 4 rings (SSSR count). The number of amides is 1. The van der Waals surface area contributed by atoms with Crippen LogP contribution in [0.2, 0.25) is 5.15 Å². The zero-order chi connectivity index (χ0) is 31.1. The van der Waals surface area contributed by atoms with Crippen LogP contribution in [0.3, 0.4) is 0 Å². The number of carbonyl (C=O) groups is 2. The number of aryl methyl sites for hydroxylation is 2. The van der Waals surface area contributed by atoms with Gasteiger partial charge < -0.3 is 15.7 Å². The van der Waals surface area contributed by atoms with Crippen LogP contribution in [0, 0.1) is 12.8 Å². The second-order valence-corrected chi connectivity index (χ2v) is 11.7. The summed E-state index contributed by atoms with van der Waals surface area (Å²) in [6, 6.07) is 19.7. The van der Waals surface area contributed by atoms with E-state index < -0.39 is 28.2 Å². The number of nitrogens with zero attached hydrogens (tertiary/aromatic N) is 2. The van der Waals surface area contributed by atoms with Crippen LogP contribution >= 0.6 is 11.6 Å². The Morgan fingerprint density at radius 1 is 1.10 bits per heavy atom. The van der Waals surface area contributed by atoms with Gasteiger partial charge in [0.25, 0.3) is 0 Å². The summed E-state index contributed by atoms with van der Waals surface area (Å²) in [5, 5.41) is 17.6. The fourth-order valence-corrected chi connectivity index (χ4v) is 6.57. The maximum atomic E-state index is 13.1. The Kier molecular flexibility index (Phi) is 11.1. The molecule has 2 heterocycles. The highest BCUT2D eigenvalue weighted by Crippen LogP contribution is 2.26. The van der Waals surface area contributed by atoms with Crippen LogP contribution in [0.1, 0.15) is 29.2 Å². The van der Waals surface area contributed by atoms with E-state index in [1.165, 1.54) is 4.68 Å². The summed E-state index contributed by atoms with van der Waals surface area (Å²) in [7, 11) is -2.29. The normalized spacial score (nSPS) is 17.3. The average Bonchev–Trinajstić information content (AvgIpc) is 3.20. The number of hydrogen-bond acceptors (Lipinski definition) is 6. The fourth-order valence-electron chi connectivity index (χ4n) is 4.57. The highest BCUT2D eigenvalue weighted by molar-refractivity contribution is 7.89. The molecule has 1 amide bonds. The van der Waals surface area contributed by atoms with Crippen molar-refractivity contribution in [1.82, 2.24) is 25.1 Å². The van der Waals surface area contributed by atoms with E-state index in [1.54, 1.807) is 14.0 Å². The Balaban J connectivity index is 0.000000616. The first-order valence-corrected chi connectivity index (χ1v) is 14.7. The predicted molar refractivity (Wildman–Crippen MR) is 149 cm³/mol. The molecule has 0 spiro atoms. The Labute approximate surface area is 246 Å². The fraction of sp³-hybridized carbons (Fsp3) is 0.370. The lowest BCUT2D eigenvalue weighted by Gasteiger charge is -2.30. The van der Waals surface area contributed by atoms with E-state index in [-0.39, 0.29) is 27.8 Å². The Morgan fingerprint density at radius 3 is 2.07 bits per heavy atom. The van der Waals surface area contributed by atoms with Gasteiger partial charge in [-0.3, -0.25) is 9.48 Å². The summed E-state index contributed by atoms with van der Waals surface area (Å²) in [5.74, 6) is -3.21. The van der Waals surface area contributed by atoms with Gasteiger partial charge in [-0.25, -0.2) is 17.9 Å². The third kappa shape index (κ3) is 8.77. The van der Waals surface area contributed by atoms with Crippen LogP contribution in [0.15, 0.2) is 65.6 Å². The van der Waals surface area contributed by atoms with Gasteiger partial charge in [-0.2, -0.15) is 18.3 Å². The number of carbonyl (C=O) groups excluding carboxylic acids is 1. The minimum absolute atomic E-state index is 0.0166. The number of nitrogens with one attached hydrogen (secondary N) is 3. The molecule has 228 valence electrons. The number of rotatable bonds is 8. The minimum atomic E-state index is -5.08. The van der Waals surface area contributed by atoms with Crippen molar-refractivity contribution in [1.29, 1.82) is 0 Å². The van der Waals surface area contributed by atoms with E-state index in [0.29, 0.717) is 31.7 Å². The van der Waals surface area contributed by atoms with Gasteiger partial charge in [-0.15, -0.1) is 0 Å². The summed E-state index contributed by atoms with van der Waals surface area (Å²) in [6.45, 7) is 2.96. The molecule has 42 heavy (non-hydrogen) atoms. The van der Waals surface area contributed by atoms with Crippen molar-refractivity contribution in [2.75, 3.05) is 19.6 Å².